The summed E-state index contributed by atoms with van der Waals surface area (Å²) in [5.41, 5.74) is 2.10. The minimum Gasteiger partial charge on any atom is -0.347 e. The normalized spacial score (nSPS) is 10.7. The van der Waals surface area contributed by atoms with Gasteiger partial charge in [-0.2, -0.15) is 0 Å². The standard InChI is InChI=1S/C26H20Cl2F2N4O2S/c27-21-10-9-20(11-22(21)28)32-26(36)34(13-17-3-7-19(30)8-4-17)14-24-33-23(15-37-24)25(35)31-12-16-1-5-18(29)6-2-16/h1-11,15H,12-14H2,(H,31,35)(H,32,36). The maximum atomic E-state index is 13.4. The number of benzene rings is 3. The van der Waals surface area contributed by atoms with Gasteiger partial charge < -0.3 is 15.5 Å². The lowest BCUT2D eigenvalue weighted by Gasteiger charge is -2.22. The van der Waals surface area contributed by atoms with Crippen molar-refractivity contribution in [3.63, 3.8) is 0 Å². The fourth-order valence-corrected chi connectivity index (χ4v) is 4.40. The fraction of sp³-hybridized carbons (Fsp3) is 0.115. The Balaban J connectivity index is 1.46. The molecule has 4 aromatic rings. The van der Waals surface area contributed by atoms with Crippen LogP contribution < -0.4 is 10.6 Å². The van der Waals surface area contributed by atoms with Crippen molar-refractivity contribution in [1.82, 2.24) is 15.2 Å². The molecule has 190 valence electrons. The third-order valence-electron chi connectivity index (χ3n) is 5.22. The number of urea groups is 1. The number of carbonyl (C=O) groups is 2. The third kappa shape index (κ3) is 7.48. The maximum absolute atomic E-state index is 13.4. The van der Waals surface area contributed by atoms with Crippen molar-refractivity contribution in [1.29, 1.82) is 0 Å². The minimum absolute atomic E-state index is 0.0977. The first kappa shape index (κ1) is 26.5. The topological polar surface area (TPSA) is 74.3 Å². The first-order chi connectivity index (χ1) is 17.8. The van der Waals surface area contributed by atoms with Gasteiger partial charge in [0.15, 0.2) is 0 Å². The molecule has 3 amide bonds. The summed E-state index contributed by atoms with van der Waals surface area (Å²) in [5, 5.41) is 8.29. The highest BCUT2D eigenvalue weighted by atomic mass is 35.5. The molecule has 37 heavy (non-hydrogen) atoms. The van der Waals surface area contributed by atoms with Crippen LogP contribution in [-0.2, 0) is 19.6 Å². The van der Waals surface area contributed by atoms with Crippen LogP contribution >= 0.6 is 34.5 Å². The minimum atomic E-state index is -0.444. The zero-order chi connectivity index (χ0) is 26.4. The van der Waals surface area contributed by atoms with Gasteiger partial charge in [-0.3, -0.25) is 4.79 Å². The van der Waals surface area contributed by atoms with E-state index < -0.39 is 11.9 Å². The average molecular weight is 561 g/mol. The zero-order valence-corrected chi connectivity index (χ0v) is 21.5. The Kier molecular flexibility index (Phi) is 8.70. The Hall–Kier alpha value is -3.53. The molecule has 0 bridgehead atoms. The van der Waals surface area contributed by atoms with Crippen LogP contribution in [0.25, 0.3) is 0 Å². The Morgan fingerprint density at radius 2 is 1.51 bits per heavy atom. The molecule has 0 spiro atoms. The van der Waals surface area contributed by atoms with Crippen LogP contribution in [0.3, 0.4) is 0 Å². The van der Waals surface area contributed by atoms with E-state index in [1.54, 1.807) is 41.8 Å². The molecule has 1 aromatic heterocycles. The SMILES string of the molecule is O=C(NCc1ccc(F)cc1)c1csc(CN(Cc2ccc(F)cc2)C(=O)Nc2ccc(Cl)c(Cl)c2)n1. The van der Waals surface area contributed by atoms with Crippen LogP contribution in [0, 0.1) is 11.6 Å². The number of amides is 3. The number of hydrogen-bond donors (Lipinski definition) is 2. The number of rotatable bonds is 8. The molecule has 0 aliphatic heterocycles. The van der Waals surface area contributed by atoms with E-state index >= 15 is 0 Å². The number of anilines is 1. The van der Waals surface area contributed by atoms with E-state index in [0.717, 1.165) is 5.56 Å². The lowest BCUT2D eigenvalue weighted by Crippen LogP contribution is -2.34. The lowest BCUT2D eigenvalue weighted by atomic mass is 10.2. The highest BCUT2D eigenvalue weighted by Crippen LogP contribution is 2.25. The van der Waals surface area contributed by atoms with Crippen molar-refractivity contribution in [2.75, 3.05) is 5.32 Å². The Morgan fingerprint density at radius 3 is 2.16 bits per heavy atom. The average Bonchev–Trinajstić information content (AvgIpc) is 3.35. The molecule has 0 aliphatic rings. The number of carbonyl (C=O) groups excluding carboxylic acids is 2. The number of thiazole rings is 1. The van der Waals surface area contributed by atoms with E-state index in [-0.39, 0.29) is 37.0 Å². The maximum Gasteiger partial charge on any atom is 0.322 e. The smallest absolute Gasteiger partial charge is 0.322 e. The predicted octanol–water partition coefficient (Wildman–Crippen LogP) is 6.89. The molecule has 4 rings (SSSR count). The van der Waals surface area contributed by atoms with E-state index in [0.29, 0.717) is 26.3 Å². The van der Waals surface area contributed by atoms with Crippen molar-refractivity contribution in [3.05, 3.63) is 116 Å². The Labute approximate surface area is 225 Å². The van der Waals surface area contributed by atoms with E-state index in [1.165, 1.54) is 46.6 Å². The van der Waals surface area contributed by atoms with Crippen molar-refractivity contribution in [2.45, 2.75) is 19.6 Å². The highest BCUT2D eigenvalue weighted by Gasteiger charge is 2.19. The zero-order valence-electron chi connectivity index (χ0n) is 19.2. The van der Waals surface area contributed by atoms with Gasteiger partial charge in [-0.05, 0) is 53.6 Å². The fourth-order valence-electron chi connectivity index (χ4n) is 3.31. The van der Waals surface area contributed by atoms with Gasteiger partial charge in [-0.1, -0.05) is 47.5 Å². The molecule has 1 heterocycles. The quantitative estimate of drug-likeness (QED) is 0.246. The molecule has 11 heteroatoms. The van der Waals surface area contributed by atoms with Gasteiger partial charge in [0.25, 0.3) is 5.91 Å². The molecule has 0 saturated heterocycles. The second-order valence-electron chi connectivity index (χ2n) is 7.98. The monoisotopic (exact) mass is 560 g/mol. The molecular weight excluding hydrogens is 541 g/mol. The van der Waals surface area contributed by atoms with Gasteiger partial charge >= 0.3 is 6.03 Å². The van der Waals surface area contributed by atoms with Gasteiger partial charge in [0.1, 0.15) is 22.3 Å². The number of hydrogen-bond acceptors (Lipinski definition) is 4. The van der Waals surface area contributed by atoms with E-state index in [1.807, 2.05) is 0 Å². The summed E-state index contributed by atoms with van der Waals surface area (Å²) in [7, 11) is 0. The van der Waals surface area contributed by atoms with Crippen molar-refractivity contribution in [3.8, 4) is 0 Å². The van der Waals surface area contributed by atoms with Crippen molar-refractivity contribution < 1.29 is 18.4 Å². The first-order valence-corrected chi connectivity index (χ1v) is 12.6. The summed E-state index contributed by atoms with van der Waals surface area (Å²) in [6.07, 6.45) is 0. The molecule has 3 aromatic carbocycles. The second-order valence-corrected chi connectivity index (χ2v) is 9.73. The van der Waals surface area contributed by atoms with Gasteiger partial charge in [0, 0.05) is 24.2 Å². The van der Waals surface area contributed by atoms with Crippen LogP contribution in [0.15, 0.2) is 72.1 Å². The number of halogens is 4. The summed E-state index contributed by atoms with van der Waals surface area (Å²) < 4.78 is 26.4. The summed E-state index contributed by atoms with van der Waals surface area (Å²) in [6.45, 7) is 0.480. The highest BCUT2D eigenvalue weighted by molar-refractivity contribution is 7.09. The molecule has 0 fully saturated rings. The Bertz CT molecular complexity index is 1400. The van der Waals surface area contributed by atoms with Crippen LogP contribution in [-0.4, -0.2) is 21.8 Å². The molecule has 0 aliphatic carbocycles. The molecule has 0 radical (unpaired) electrons. The van der Waals surface area contributed by atoms with Crippen LogP contribution in [0.4, 0.5) is 19.3 Å². The third-order valence-corrected chi connectivity index (χ3v) is 6.79. The molecular formula is C26H20Cl2F2N4O2S. The largest absolute Gasteiger partial charge is 0.347 e. The molecule has 2 N–H and O–H groups in total. The summed E-state index contributed by atoms with van der Waals surface area (Å²) in [5.74, 6) is -1.13. The van der Waals surface area contributed by atoms with Gasteiger partial charge in [-0.15, -0.1) is 11.3 Å². The van der Waals surface area contributed by atoms with E-state index in [9.17, 15) is 18.4 Å². The number of nitrogens with zero attached hydrogens (tertiary/aromatic N) is 2. The van der Waals surface area contributed by atoms with Crippen LogP contribution in [0.1, 0.15) is 26.6 Å². The lowest BCUT2D eigenvalue weighted by molar-refractivity contribution is 0.0946. The number of nitrogens with one attached hydrogen (secondary N) is 2. The summed E-state index contributed by atoms with van der Waals surface area (Å²) in [4.78, 5) is 31.5. The van der Waals surface area contributed by atoms with Gasteiger partial charge in [0.2, 0.25) is 0 Å². The van der Waals surface area contributed by atoms with Crippen molar-refractivity contribution in [2.24, 2.45) is 0 Å². The second kappa shape index (κ2) is 12.1. The van der Waals surface area contributed by atoms with Crippen LogP contribution in [0.2, 0.25) is 10.0 Å². The number of aromatic nitrogens is 1. The van der Waals surface area contributed by atoms with Gasteiger partial charge in [0.05, 0.1) is 16.6 Å². The molecule has 0 atom stereocenters. The summed E-state index contributed by atoms with van der Waals surface area (Å²) >= 11 is 13.2. The van der Waals surface area contributed by atoms with Gasteiger partial charge in [-0.25, -0.2) is 18.6 Å². The van der Waals surface area contributed by atoms with E-state index in [2.05, 4.69) is 15.6 Å². The summed E-state index contributed by atoms with van der Waals surface area (Å²) in [6, 6.07) is 15.9. The molecule has 0 unspecified atom stereocenters. The molecule has 6 nitrogen and oxygen atoms in total. The molecule has 0 saturated carbocycles. The first-order valence-electron chi connectivity index (χ1n) is 11.0. The van der Waals surface area contributed by atoms with E-state index in [4.69, 9.17) is 23.2 Å². The predicted molar refractivity (Wildman–Crippen MR) is 141 cm³/mol. The van der Waals surface area contributed by atoms with Crippen molar-refractivity contribution >= 4 is 52.2 Å². The van der Waals surface area contributed by atoms with Crippen LogP contribution in [0.5, 0.6) is 0 Å². The Morgan fingerprint density at radius 1 is 0.865 bits per heavy atom.